The van der Waals surface area contributed by atoms with Gasteiger partial charge in [0.1, 0.15) is 18.2 Å². The summed E-state index contributed by atoms with van der Waals surface area (Å²) in [7, 11) is 2.91. The van der Waals surface area contributed by atoms with E-state index in [2.05, 4.69) is 5.32 Å². The standard InChI is InChI=1S/C24H21ClFNO6/c1-30-20-6-4-3-5-19(20)27-23(28)14-32-21-10-8-15(11-22(21)31-2)24(29)33-13-16-7-9-17(26)12-18(16)25/h3-12H,13-14H2,1-2H3,(H,27,28). The molecule has 33 heavy (non-hydrogen) atoms. The lowest BCUT2D eigenvalue weighted by Gasteiger charge is -2.13. The van der Waals surface area contributed by atoms with Crippen LogP contribution in [0, 0.1) is 5.82 Å². The molecule has 0 saturated heterocycles. The predicted octanol–water partition coefficient (Wildman–Crippen LogP) is 4.87. The van der Waals surface area contributed by atoms with E-state index in [9.17, 15) is 14.0 Å². The summed E-state index contributed by atoms with van der Waals surface area (Å²) < 4.78 is 34.4. The number of nitrogens with one attached hydrogen (secondary N) is 1. The smallest absolute Gasteiger partial charge is 0.338 e. The van der Waals surface area contributed by atoms with Crippen molar-refractivity contribution < 1.29 is 32.9 Å². The van der Waals surface area contributed by atoms with Gasteiger partial charge in [0.25, 0.3) is 5.91 Å². The Bertz CT molecular complexity index is 1150. The van der Waals surface area contributed by atoms with Crippen molar-refractivity contribution in [3.63, 3.8) is 0 Å². The van der Waals surface area contributed by atoms with E-state index in [1.807, 2.05) is 0 Å². The first kappa shape index (κ1) is 23.9. The number of carbonyl (C=O) groups excluding carboxylic acids is 2. The van der Waals surface area contributed by atoms with Gasteiger partial charge in [-0.25, -0.2) is 9.18 Å². The van der Waals surface area contributed by atoms with Crippen molar-refractivity contribution in [2.24, 2.45) is 0 Å². The van der Waals surface area contributed by atoms with E-state index in [4.69, 9.17) is 30.5 Å². The third-order valence-corrected chi connectivity index (χ3v) is 4.86. The average Bonchev–Trinajstić information content (AvgIpc) is 2.82. The highest BCUT2D eigenvalue weighted by atomic mass is 35.5. The number of hydrogen-bond acceptors (Lipinski definition) is 6. The maximum absolute atomic E-state index is 13.1. The summed E-state index contributed by atoms with van der Waals surface area (Å²) in [5.41, 5.74) is 1.19. The van der Waals surface area contributed by atoms with Crippen molar-refractivity contribution in [3.8, 4) is 17.2 Å². The van der Waals surface area contributed by atoms with Gasteiger partial charge < -0.3 is 24.3 Å². The van der Waals surface area contributed by atoms with E-state index in [-0.39, 0.29) is 35.3 Å². The Hall–Kier alpha value is -3.78. The molecule has 0 saturated carbocycles. The number of esters is 1. The van der Waals surface area contributed by atoms with Crippen LogP contribution in [-0.2, 0) is 16.1 Å². The van der Waals surface area contributed by atoms with Gasteiger partial charge in [-0.3, -0.25) is 4.79 Å². The van der Waals surface area contributed by atoms with E-state index in [0.717, 1.165) is 6.07 Å². The Morgan fingerprint density at radius 1 is 0.939 bits per heavy atom. The Morgan fingerprint density at radius 2 is 1.70 bits per heavy atom. The van der Waals surface area contributed by atoms with Crippen LogP contribution in [0.4, 0.5) is 10.1 Å². The molecule has 9 heteroatoms. The summed E-state index contributed by atoms with van der Waals surface area (Å²) in [6, 6.07) is 15.2. The van der Waals surface area contributed by atoms with Crippen LogP contribution in [0.2, 0.25) is 5.02 Å². The summed E-state index contributed by atoms with van der Waals surface area (Å²) >= 11 is 5.95. The second-order valence-corrected chi connectivity index (χ2v) is 7.12. The minimum absolute atomic E-state index is 0.123. The lowest BCUT2D eigenvalue weighted by atomic mass is 10.2. The molecule has 3 rings (SSSR count). The molecule has 1 N–H and O–H groups in total. The molecule has 0 unspecified atom stereocenters. The van der Waals surface area contributed by atoms with Gasteiger partial charge in [0.05, 0.1) is 30.5 Å². The van der Waals surface area contributed by atoms with Gasteiger partial charge in [-0.15, -0.1) is 0 Å². The molecule has 0 aromatic heterocycles. The number of para-hydroxylation sites is 2. The topological polar surface area (TPSA) is 83.1 Å². The fourth-order valence-corrected chi connectivity index (χ4v) is 3.08. The first-order valence-electron chi connectivity index (χ1n) is 9.76. The van der Waals surface area contributed by atoms with Crippen molar-refractivity contribution in [2.75, 3.05) is 26.1 Å². The number of amides is 1. The van der Waals surface area contributed by atoms with Crippen LogP contribution in [0.3, 0.4) is 0 Å². The summed E-state index contributed by atoms with van der Waals surface area (Å²) in [4.78, 5) is 24.6. The molecule has 7 nitrogen and oxygen atoms in total. The number of halogens is 2. The molecule has 0 aliphatic heterocycles. The number of ether oxygens (including phenoxy) is 4. The largest absolute Gasteiger partial charge is 0.495 e. The van der Waals surface area contributed by atoms with Crippen LogP contribution in [-0.4, -0.2) is 32.7 Å². The first-order chi connectivity index (χ1) is 15.9. The minimum Gasteiger partial charge on any atom is -0.495 e. The van der Waals surface area contributed by atoms with Gasteiger partial charge in [0.15, 0.2) is 18.1 Å². The molecule has 0 fully saturated rings. The Balaban J connectivity index is 1.60. The molecule has 0 atom stereocenters. The summed E-state index contributed by atoms with van der Waals surface area (Å²) in [6.07, 6.45) is 0. The molecule has 3 aromatic carbocycles. The third kappa shape index (κ3) is 6.36. The monoisotopic (exact) mass is 473 g/mol. The number of rotatable bonds is 9. The normalized spacial score (nSPS) is 10.3. The third-order valence-electron chi connectivity index (χ3n) is 4.51. The van der Waals surface area contributed by atoms with Crippen LogP contribution in [0.5, 0.6) is 17.2 Å². The highest BCUT2D eigenvalue weighted by molar-refractivity contribution is 6.31. The molecule has 0 radical (unpaired) electrons. The predicted molar refractivity (Wildman–Crippen MR) is 121 cm³/mol. The maximum Gasteiger partial charge on any atom is 0.338 e. The zero-order valence-electron chi connectivity index (χ0n) is 17.9. The summed E-state index contributed by atoms with van der Waals surface area (Å²) in [6.45, 7) is -0.414. The second kappa shape index (κ2) is 11.2. The van der Waals surface area contributed by atoms with Gasteiger partial charge in [0, 0.05) is 5.56 Å². The van der Waals surface area contributed by atoms with Crippen LogP contribution in [0.15, 0.2) is 60.7 Å². The molecule has 3 aromatic rings. The Labute approximate surface area is 195 Å². The number of hydrogen-bond donors (Lipinski definition) is 1. The molecular weight excluding hydrogens is 453 g/mol. The average molecular weight is 474 g/mol. The highest BCUT2D eigenvalue weighted by Gasteiger charge is 2.15. The lowest BCUT2D eigenvalue weighted by molar-refractivity contribution is -0.118. The van der Waals surface area contributed by atoms with Crippen LogP contribution in [0.1, 0.15) is 15.9 Å². The number of anilines is 1. The molecule has 0 aliphatic rings. The van der Waals surface area contributed by atoms with Gasteiger partial charge >= 0.3 is 5.97 Å². The molecule has 172 valence electrons. The van der Waals surface area contributed by atoms with Gasteiger partial charge in [-0.05, 0) is 42.5 Å². The Kier molecular flexibility index (Phi) is 8.10. The van der Waals surface area contributed by atoms with Gasteiger partial charge in [-0.1, -0.05) is 29.8 Å². The second-order valence-electron chi connectivity index (χ2n) is 6.71. The number of methoxy groups -OCH3 is 2. The van der Waals surface area contributed by atoms with E-state index < -0.39 is 17.7 Å². The van der Waals surface area contributed by atoms with E-state index in [1.54, 1.807) is 24.3 Å². The van der Waals surface area contributed by atoms with Crippen molar-refractivity contribution in [1.82, 2.24) is 0 Å². The SMILES string of the molecule is COc1ccccc1NC(=O)COc1ccc(C(=O)OCc2ccc(F)cc2Cl)cc1OC. The first-order valence-corrected chi connectivity index (χ1v) is 10.1. The zero-order valence-corrected chi connectivity index (χ0v) is 18.6. The lowest BCUT2D eigenvalue weighted by Crippen LogP contribution is -2.20. The summed E-state index contributed by atoms with van der Waals surface area (Å²) in [5.74, 6) is -0.476. The van der Waals surface area contributed by atoms with E-state index in [1.165, 1.54) is 44.6 Å². The van der Waals surface area contributed by atoms with Crippen LogP contribution < -0.4 is 19.5 Å². The van der Waals surface area contributed by atoms with E-state index in [0.29, 0.717) is 17.0 Å². The molecule has 0 spiro atoms. The molecule has 0 aliphatic carbocycles. The van der Waals surface area contributed by atoms with Crippen molar-refractivity contribution in [1.29, 1.82) is 0 Å². The molecule has 1 amide bonds. The number of carbonyl (C=O) groups is 2. The van der Waals surface area contributed by atoms with Crippen LogP contribution in [0.25, 0.3) is 0 Å². The quantitative estimate of drug-likeness (QED) is 0.446. The van der Waals surface area contributed by atoms with Crippen LogP contribution >= 0.6 is 11.6 Å². The fraction of sp³-hybridized carbons (Fsp3) is 0.167. The van der Waals surface area contributed by atoms with Crippen molar-refractivity contribution >= 4 is 29.2 Å². The van der Waals surface area contributed by atoms with Gasteiger partial charge in [-0.2, -0.15) is 0 Å². The Morgan fingerprint density at radius 3 is 2.42 bits per heavy atom. The molecule has 0 heterocycles. The molecular formula is C24H21ClFNO6. The van der Waals surface area contributed by atoms with Crippen molar-refractivity contribution in [3.05, 3.63) is 82.6 Å². The highest BCUT2D eigenvalue weighted by Crippen LogP contribution is 2.29. The zero-order chi connectivity index (χ0) is 23.8. The summed E-state index contributed by atoms with van der Waals surface area (Å²) in [5, 5.41) is 2.86. The van der Waals surface area contributed by atoms with E-state index >= 15 is 0 Å². The number of benzene rings is 3. The van der Waals surface area contributed by atoms with Crippen molar-refractivity contribution in [2.45, 2.75) is 6.61 Å². The minimum atomic E-state index is -0.630. The fourth-order valence-electron chi connectivity index (χ4n) is 2.86. The maximum atomic E-state index is 13.1. The van der Waals surface area contributed by atoms with Gasteiger partial charge in [0.2, 0.25) is 0 Å². The molecule has 0 bridgehead atoms.